The second-order valence-electron chi connectivity index (χ2n) is 4.75. The molecule has 2 aromatic rings. The summed E-state index contributed by atoms with van der Waals surface area (Å²) in [5, 5.41) is 7.79. The van der Waals surface area contributed by atoms with Crippen LogP contribution in [0, 0.1) is 0 Å². The Bertz CT molecular complexity index is 746. The minimum absolute atomic E-state index is 0.0753. The number of amides is 1. The lowest BCUT2D eigenvalue weighted by Gasteiger charge is -2.06. The Kier molecular flexibility index (Phi) is 5.24. The first-order valence-electron chi connectivity index (χ1n) is 6.78. The summed E-state index contributed by atoms with van der Waals surface area (Å²) >= 11 is 0. The van der Waals surface area contributed by atoms with Crippen molar-refractivity contribution < 1.29 is 13.2 Å². The molecule has 0 unspecified atom stereocenters. The Morgan fingerprint density at radius 2 is 2.00 bits per heavy atom. The number of nitrogens with two attached hydrogens (primary N) is 1. The monoisotopic (exact) mass is 319 g/mol. The first-order valence-corrected chi connectivity index (χ1v) is 8.32. The molecule has 0 radical (unpaired) electrons. The average molecular weight is 319 g/mol. The molecule has 0 fully saturated rings. The quantitative estimate of drug-likeness (QED) is 0.778. The summed E-state index contributed by atoms with van der Waals surface area (Å²) in [6.45, 7) is 0.481. The van der Waals surface area contributed by atoms with E-state index in [-0.39, 0.29) is 16.4 Å². The van der Waals surface area contributed by atoms with Crippen LogP contribution in [-0.4, -0.2) is 25.9 Å². The maximum absolute atomic E-state index is 12.0. The highest BCUT2D eigenvalue weighted by Crippen LogP contribution is 2.09. The van der Waals surface area contributed by atoms with Crippen molar-refractivity contribution >= 4 is 15.9 Å². The predicted molar refractivity (Wildman–Crippen MR) is 82.7 cm³/mol. The maximum Gasteiger partial charge on any atom is 0.251 e. The predicted octanol–water partition coefficient (Wildman–Crippen LogP) is 1.09. The van der Waals surface area contributed by atoms with Crippen molar-refractivity contribution in [3.63, 3.8) is 0 Å². The fraction of sp³-hybridized carbons (Fsp3) is 0.200. The van der Waals surface area contributed by atoms with Gasteiger partial charge in [0.25, 0.3) is 5.91 Å². The SMILES string of the molecule is NS(=O)(=O)c1cccc(C(=O)NCCCc2ccccn2)c1. The molecule has 1 aromatic carbocycles. The second-order valence-corrected chi connectivity index (χ2v) is 6.31. The average Bonchev–Trinajstić information content (AvgIpc) is 2.52. The van der Waals surface area contributed by atoms with Gasteiger partial charge in [-0.05, 0) is 43.2 Å². The number of carbonyl (C=O) groups is 1. The van der Waals surface area contributed by atoms with Crippen molar-refractivity contribution in [2.75, 3.05) is 6.54 Å². The number of benzene rings is 1. The van der Waals surface area contributed by atoms with Gasteiger partial charge in [-0.3, -0.25) is 9.78 Å². The van der Waals surface area contributed by atoms with Gasteiger partial charge in [-0.25, -0.2) is 13.6 Å². The Morgan fingerprint density at radius 3 is 2.68 bits per heavy atom. The molecular weight excluding hydrogens is 302 g/mol. The van der Waals surface area contributed by atoms with Gasteiger partial charge in [0.1, 0.15) is 0 Å². The van der Waals surface area contributed by atoms with Gasteiger partial charge in [0.05, 0.1) is 4.90 Å². The summed E-state index contributed by atoms with van der Waals surface area (Å²) < 4.78 is 22.5. The van der Waals surface area contributed by atoms with Gasteiger partial charge < -0.3 is 5.32 Å². The third-order valence-electron chi connectivity index (χ3n) is 3.05. The van der Waals surface area contributed by atoms with Gasteiger partial charge in [-0.2, -0.15) is 0 Å². The highest BCUT2D eigenvalue weighted by Gasteiger charge is 2.11. The molecule has 1 aromatic heterocycles. The normalized spacial score (nSPS) is 11.1. The zero-order valence-corrected chi connectivity index (χ0v) is 12.7. The van der Waals surface area contributed by atoms with Gasteiger partial charge in [-0.15, -0.1) is 0 Å². The smallest absolute Gasteiger partial charge is 0.251 e. The Balaban J connectivity index is 1.88. The number of nitrogens with one attached hydrogen (secondary N) is 1. The summed E-state index contributed by atoms with van der Waals surface area (Å²) in [6.07, 6.45) is 3.24. The van der Waals surface area contributed by atoms with Gasteiger partial charge in [0.15, 0.2) is 0 Å². The number of hydrogen-bond donors (Lipinski definition) is 2. The molecule has 0 aliphatic rings. The van der Waals surface area contributed by atoms with Gasteiger partial charge >= 0.3 is 0 Å². The molecular formula is C15H17N3O3S. The standard InChI is InChI=1S/C15H17N3O3S/c16-22(20,21)14-8-3-5-12(11-14)15(19)18-10-4-7-13-6-1-2-9-17-13/h1-3,5-6,8-9,11H,4,7,10H2,(H,18,19)(H2,16,20,21). The van der Waals surface area contributed by atoms with Crippen LogP contribution in [0.25, 0.3) is 0 Å². The van der Waals surface area contributed by atoms with Crippen LogP contribution < -0.4 is 10.5 Å². The van der Waals surface area contributed by atoms with E-state index < -0.39 is 10.0 Å². The fourth-order valence-electron chi connectivity index (χ4n) is 1.93. The van der Waals surface area contributed by atoms with Crippen molar-refractivity contribution in [3.05, 3.63) is 59.9 Å². The Labute approximate surface area is 129 Å². The van der Waals surface area contributed by atoms with Crippen molar-refractivity contribution in [2.24, 2.45) is 5.14 Å². The lowest BCUT2D eigenvalue weighted by atomic mass is 10.2. The van der Waals surface area contributed by atoms with Crippen LogP contribution in [0.2, 0.25) is 0 Å². The van der Waals surface area contributed by atoms with E-state index >= 15 is 0 Å². The molecule has 2 rings (SSSR count). The van der Waals surface area contributed by atoms with E-state index in [9.17, 15) is 13.2 Å². The first kappa shape index (κ1) is 16.1. The van der Waals surface area contributed by atoms with E-state index in [1.54, 1.807) is 12.3 Å². The van der Waals surface area contributed by atoms with E-state index in [1.165, 1.54) is 18.2 Å². The van der Waals surface area contributed by atoms with Crippen LogP contribution in [-0.2, 0) is 16.4 Å². The van der Waals surface area contributed by atoms with E-state index in [0.717, 1.165) is 18.5 Å². The molecule has 3 N–H and O–H groups in total. The number of rotatable bonds is 6. The van der Waals surface area contributed by atoms with Crippen molar-refractivity contribution in [3.8, 4) is 0 Å². The number of pyridine rings is 1. The van der Waals surface area contributed by atoms with Crippen molar-refractivity contribution in [2.45, 2.75) is 17.7 Å². The summed E-state index contributed by atoms with van der Waals surface area (Å²) in [4.78, 5) is 16.1. The molecule has 0 aliphatic heterocycles. The molecule has 1 amide bonds. The zero-order valence-electron chi connectivity index (χ0n) is 11.9. The molecule has 0 bridgehead atoms. The number of aromatic nitrogens is 1. The molecule has 0 atom stereocenters. The second kappa shape index (κ2) is 7.15. The summed E-state index contributed by atoms with van der Waals surface area (Å²) in [5.74, 6) is -0.327. The zero-order chi connectivity index (χ0) is 16.0. The maximum atomic E-state index is 12.0. The minimum atomic E-state index is -3.81. The number of hydrogen-bond acceptors (Lipinski definition) is 4. The number of sulfonamides is 1. The minimum Gasteiger partial charge on any atom is -0.352 e. The molecule has 116 valence electrons. The Morgan fingerprint density at radius 1 is 1.18 bits per heavy atom. The molecule has 1 heterocycles. The third-order valence-corrected chi connectivity index (χ3v) is 3.96. The van der Waals surface area contributed by atoms with Gasteiger partial charge in [0, 0.05) is 24.0 Å². The molecule has 6 nitrogen and oxygen atoms in total. The molecule has 22 heavy (non-hydrogen) atoms. The highest BCUT2D eigenvalue weighted by atomic mass is 32.2. The van der Waals surface area contributed by atoms with E-state index in [2.05, 4.69) is 10.3 Å². The summed E-state index contributed by atoms with van der Waals surface area (Å²) in [6, 6.07) is 11.3. The fourth-order valence-corrected chi connectivity index (χ4v) is 2.49. The lowest BCUT2D eigenvalue weighted by molar-refractivity contribution is 0.0953. The van der Waals surface area contributed by atoms with Crippen LogP contribution in [0.15, 0.2) is 53.6 Å². The number of aryl methyl sites for hydroxylation is 1. The van der Waals surface area contributed by atoms with Crippen LogP contribution >= 0.6 is 0 Å². The first-order chi connectivity index (χ1) is 10.5. The van der Waals surface area contributed by atoms with Crippen LogP contribution in [0.4, 0.5) is 0 Å². The third kappa shape index (κ3) is 4.64. The number of primary sulfonamides is 1. The topological polar surface area (TPSA) is 102 Å². The number of nitrogens with zero attached hydrogens (tertiary/aromatic N) is 1. The van der Waals surface area contributed by atoms with E-state index in [1.807, 2.05) is 18.2 Å². The number of carbonyl (C=O) groups excluding carboxylic acids is 1. The van der Waals surface area contributed by atoms with E-state index in [0.29, 0.717) is 6.54 Å². The van der Waals surface area contributed by atoms with Crippen LogP contribution in [0.3, 0.4) is 0 Å². The van der Waals surface area contributed by atoms with Gasteiger partial charge in [-0.1, -0.05) is 12.1 Å². The molecule has 0 aliphatic carbocycles. The molecule has 7 heteroatoms. The van der Waals surface area contributed by atoms with Crippen LogP contribution in [0.5, 0.6) is 0 Å². The van der Waals surface area contributed by atoms with Crippen LogP contribution in [0.1, 0.15) is 22.5 Å². The summed E-state index contributed by atoms with van der Waals surface area (Å²) in [7, 11) is -3.81. The molecule has 0 saturated heterocycles. The molecule has 0 spiro atoms. The summed E-state index contributed by atoms with van der Waals surface area (Å²) in [5.41, 5.74) is 1.23. The van der Waals surface area contributed by atoms with E-state index in [4.69, 9.17) is 5.14 Å². The molecule has 0 saturated carbocycles. The Hall–Kier alpha value is -2.25. The highest BCUT2D eigenvalue weighted by molar-refractivity contribution is 7.89. The lowest BCUT2D eigenvalue weighted by Crippen LogP contribution is -2.25. The van der Waals surface area contributed by atoms with Crippen molar-refractivity contribution in [1.82, 2.24) is 10.3 Å². The largest absolute Gasteiger partial charge is 0.352 e. The van der Waals surface area contributed by atoms with Crippen molar-refractivity contribution in [1.29, 1.82) is 0 Å². The van der Waals surface area contributed by atoms with Gasteiger partial charge in [0.2, 0.25) is 10.0 Å².